The predicted octanol–water partition coefficient (Wildman–Crippen LogP) is 0.851. The van der Waals surface area contributed by atoms with Crippen LogP contribution < -0.4 is 5.32 Å². The van der Waals surface area contributed by atoms with Gasteiger partial charge in [-0.3, -0.25) is 4.79 Å². The highest BCUT2D eigenvalue weighted by atomic mass is 16.4. The number of hydrogen-bond acceptors (Lipinski definition) is 2. The molecule has 1 aliphatic rings. The van der Waals surface area contributed by atoms with Crippen molar-refractivity contribution < 1.29 is 9.90 Å². The topological polar surface area (TPSA) is 49.3 Å². The molecular weight excluding hydrogens is 142 g/mol. The van der Waals surface area contributed by atoms with E-state index in [4.69, 9.17) is 5.11 Å². The van der Waals surface area contributed by atoms with Gasteiger partial charge in [0, 0.05) is 6.42 Å². The summed E-state index contributed by atoms with van der Waals surface area (Å²) in [6.45, 7) is 2.11. The lowest BCUT2D eigenvalue weighted by molar-refractivity contribution is -0.137. The van der Waals surface area contributed by atoms with Crippen molar-refractivity contribution in [1.82, 2.24) is 5.32 Å². The average molecular weight is 157 g/mol. The van der Waals surface area contributed by atoms with E-state index in [1.165, 1.54) is 12.8 Å². The number of piperidine rings is 1. The number of rotatable bonds is 3. The molecule has 0 aliphatic carbocycles. The summed E-state index contributed by atoms with van der Waals surface area (Å²) in [6, 6.07) is 0. The number of carboxylic acid groups (broad SMARTS) is 1. The highest BCUT2D eigenvalue weighted by molar-refractivity contribution is 5.66. The van der Waals surface area contributed by atoms with E-state index in [-0.39, 0.29) is 0 Å². The monoisotopic (exact) mass is 157 g/mol. The van der Waals surface area contributed by atoms with Crippen LogP contribution in [0.2, 0.25) is 0 Å². The van der Waals surface area contributed by atoms with Gasteiger partial charge in [0.15, 0.2) is 0 Å². The van der Waals surface area contributed by atoms with Gasteiger partial charge >= 0.3 is 5.97 Å². The van der Waals surface area contributed by atoms with E-state index in [2.05, 4.69) is 5.32 Å². The zero-order chi connectivity index (χ0) is 8.10. The second-order valence-corrected chi connectivity index (χ2v) is 3.14. The molecule has 64 valence electrons. The first-order valence-corrected chi connectivity index (χ1v) is 4.21. The van der Waals surface area contributed by atoms with Gasteiger partial charge in [0.2, 0.25) is 0 Å². The Labute approximate surface area is 66.8 Å². The molecule has 1 atom stereocenters. The zero-order valence-corrected chi connectivity index (χ0v) is 6.68. The van der Waals surface area contributed by atoms with Gasteiger partial charge in [0.05, 0.1) is 0 Å². The summed E-state index contributed by atoms with van der Waals surface area (Å²) in [6.07, 6.45) is 3.55. The van der Waals surface area contributed by atoms with Crippen LogP contribution >= 0.6 is 0 Å². The minimum Gasteiger partial charge on any atom is -0.481 e. The SMILES string of the molecule is O=C(O)CCC1CCCNC1. The van der Waals surface area contributed by atoms with Gasteiger partial charge in [-0.2, -0.15) is 0 Å². The third-order valence-corrected chi connectivity index (χ3v) is 2.17. The Kier molecular flexibility index (Phi) is 3.36. The molecular formula is C8H15NO2. The van der Waals surface area contributed by atoms with Gasteiger partial charge in [0.25, 0.3) is 0 Å². The fraction of sp³-hybridized carbons (Fsp3) is 0.875. The maximum Gasteiger partial charge on any atom is 0.303 e. The van der Waals surface area contributed by atoms with Crippen LogP contribution in [0.1, 0.15) is 25.7 Å². The predicted molar refractivity (Wildman–Crippen MR) is 42.5 cm³/mol. The van der Waals surface area contributed by atoms with E-state index in [1.54, 1.807) is 0 Å². The van der Waals surface area contributed by atoms with Crippen molar-refractivity contribution >= 4 is 5.97 Å². The largest absolute Gasteiger partial charge is 0.481 e. The molecule has 2 N–H and O–H groups in total. The molecule has 1 fully saturated rings. The van der Waals surface area contributed by atoms with Crippen LogP contribution in [0, 0.1) is 5.92 Å². The second kappa shape index (κ2) is 4.34. The Morgan fingerprint density at radius 2 is 2.45 bits per heavy atom. The van der Waals surface area contributed by atoms with E-state index >= 15 is 0 Å². The Hall–Kier alpha value is -0.570. The van der Waals surface area contributed by atoms with Crippen molar-refractivity contribution in [3.63, 3.8) is 0 Å². The number of hydrogen-bond donors (Lipinski definition) is 2. The van der Waals surface area contributed by atoms with Gasteiger partial charge in [0.1, 0.15) is 0 Å². The molecule has 0 saturated carbocycles. The molecule has 1 heterocycles. The van der Waals surface area contributed by atoms with Gasteiger partial charge in [-0.15, -0.1) is 0 Å². The summed E-state index contributed by atoms with van der Waals surface area (Å²) < 4.78 is 0. The summed E-state index contributed by atoms with van der Waals surface area (Å²) in [5, 5.41) is 11.7. The normalized spacial score (nSPS) is 24.9. The Bertz CT molecular complexity index is 130. The molecule has 0 aromatic heterocycles. The minimum absolute atomic E-state index is 0.326. The summed E-state index contributed by atoms with van der Waals surface area (Å²) in [7, 11) is 0. The average Bonchev–Trinajstić information content (AvgIpc) is 2.03. The van der Waals surface area contributed by atoms with Crippen LogP contribution in [-0.2, 0) is 4.79 Å². The summed E-state index contributed by atoms with van der Waals surface area (Å²) >= 11 is 0. The molecule has 1 saturated heterocycles. The number of aliphatic carboxylic acids is 1. The highest BCUT2D eigenvalue weighted by Crippen LogP contribution is 2.15. The molecule has 1 unspecified atom stereocenters. The first-order chi connectivity index (χ1) is 5.29. The van der Waals surface area contributed by atoms with Crippen molar-refractivity contribution in [3.05, 3.63) is 0 Å². The molecule has 3 heteroatoms. The smallest absolute Gasteiger partial charge is 0.303 e. The third-order valence-electron chi connectivity index (χ3n) is 2.17. The van der Waals surface area contributed by atoms with Crippen LogP contribution in [0.15, 0.2) is 0 Å². The van der Waals surface area contributed by atoms with Crippen LogP contribution in [0.25, 0.3) is 0 Å². The molecule has 0 spiro atoms. The van der Waals surface area contributed by atoms with Crippen LogP contribution in [0.5, 0.6) is 0 Å². The molecule has 0 aromatic carbocycles. The van der Waals surface area contributed by atoms with Crippen molar-refractivity contribution in [2.45, 2.75) is 25.7 Å². The minimum atomic E-state index is -0.671. The molecule has 11 heavy (non-hydrogen) atoms. The molecule has 3 nitrogen and oxygen atoms in total. The lowest BCUT2D eigenvalue weighted by Crippen LogP contribution is -2.29. The molecule has 1 rings (SSSR count). The zero-order valence-electron chi connectivity index (χ0n) is 6.68. The molecule has 0 aromatic rings. The lowest BCUT2D eigenvalue weighted by atomic mass is 9.95. The Morgan fingerprint density at radius 3 is 3.00 bits per heavy atom. The fourth-order valence-corrected chi connectivity index (χ4v) is 1.50. The first kappa shape index (κ1) is 8.53. The van der Waals surface area contributed by atoms with Crippen molar-refractivity contribution in [2.75, 3.05) is 13.1 Å². The molecule has 0 radical (unpaired) electrons. The second-order valence-electron chi connectivity index (χ2n) is 3.14. The lowest BCUT2D eigenvalue weighted by Gasteiger charge is -2.21. The van der Waals surface area contributed by atoms with E-state index in [0.717, 1.165) is 19.5 Å². The summed E-state index contributed by atoms with van der Waals surface area (Å²) in [5.41, 5.74) is 0. The fourth-order valence-electron chi connectivity index (χ4n) is 1.50. The van der Waals surface area contributed by atoms with E-state index < -0.39 is 5.97 Å². The maximum absolute atomic E-state index is 10.2. The summed E-state index contributed by atoms with van der Waals surface area (Å²) in [5.74, 6) is -0.0737. The van der Waals surface area contributed by atoms with Crippen LogP contribution in [0.4, 0.5) is 0 Å². The summed E-state index contributed by atoms with van der Waals surface area (Å²) in [4.78, 5) is 10.2. The van der Waals surface area contributed by atoms with Crippen LogP contribution in [-0.4, -0.2) is 24.2 Å². The molecule has 0 amide bonds. The third kappa shape index (κ3) is 3.37. The van der Waals surface area contributed by atoms with Crippen molar-refractivity contribution in [2.24, 2.45) is 5.92 Å². The van der Waals surface area contributed by atoms with E-state index in [0.29, 0.717) is 12.3 Å². The van der Waals surface area contributed by atoms with E-state index in [9.17, 15) is 4.79 Å². The van der Waals surface area contributed by atoms with Crippen molar-refractivity contribution in [1.29, 1.82) is 0 Å². The van der Waals surface area contributed by atoms with Gasteiger partial charge in [-0.05, 0) is 38.3 Å². The quantitative estimate of drug-likeness (QED) is 0.638. The number of carbonyl (C=O) groups is 1. The maximum atomic E-state index is 10.2. The van der Waals surface area contributed by atoms with E-state index in [1.807, 2.05) is 0 Å². The number of nitrogens with one attached hydrogen (secondary N) is 1. The Morgan fingerprint density at radius 1 is 1.64 bits per heavy atom. The Balaban J connectivity index is 2.09. The van der Waals surface area contributed by atoms with Gasteiger partial charge in [-0.1, -0.05) is 0 Å². The van der Waals surface area contributed by atoms with Gasteiger partial charge in [-0.25, -0.2) is 0 Å². The first-order valence-electron chi connectivity index (χ1n) is 4.21. The highest BCUT2D eigenvalue weighted by Gasteiger charge is 2.13. The van der Waals surface area contributed by atoms with Gasteiger partial charge < -0.3 is 10.4 Å². The standard InChI is InChI=1S/C8H15NO2/c10-8(11)4-3-7-2-1-5-9-6-7/h7,9H,1-6H2,(H,10,11). The van der Waals surface area contributed by atoms with Crippen LogP contribution in [0.3, 0.4) is 0 Å². The molecule has 0 bridgehead atoms. The molecule has 1 aliphatic heterocycles. The number of carboxylic acids is 1. The van der Waals surface area contributed by atoms with Crippen molar-refractivity contribution in [3.8, 4) is 0 Å².